The van der Waals surface area contributed by atoms with Gasteiger partial charge in [0.05, 0.1) is 6.04 Å². The summed E-state index contributed by atoms with van der Waals surface area (Å²) in [7, 11) is 0. The van der Waals surface area contributed by atoms with Gasteiger partial charge in [-0.1, -0.05) is 24.4 Å². The largest absolute Gasteiger partial charge is 0.444 e. The Balaban J connectivity index is 2.68. The number of carbonyl (C=O) groups is 1. The number of benzene rings is 1. The van der Waals surface area contributed by atoms with E-state index in [1.807, 2.05) is 52.0 Å². The monoisotopic (exact) mass is 294 g/mol. The lowest BCUT2D eigenvalue weighted by atomic mass is 10.0. The van der Waals surface area contributed by atoms with Crippen LogP contribution in [0.5, 0.6) is 0 Å². The minimum atomic E-state index is -0.523. The van der Waals surface area contributed by atoms with Crippen LogP contribution in [0.1, 0.15) is 33.3 Å². The molecular weight excluding hydrogens is 272 g/mol. The van der Waals surface area contributed by atoms with Crippen LogP contribution in [0.15, 0.2) is 24.3 Å². The van der Waals surface area contributed by atoms with Crippen LogP contribution in [0.25, 0.3) is 0 Å². The van der Waals surface area contributed by atoms with Gasteiger partial charge in [0.15, 0.2) is 0 Å². The number of nitrogens with one attached hydrogen (secondary N) is 1. The standard InChI is InChI=1S/C15H22N2O2S/c1-10(20)13(17-14(18)19-15(2,3)4)9-11-5-7-12(16)8-6-11/h5-8,13H,9,16H2,1-4H3,(H,17,18). The molecule has 5 heteroatoms. The molecule has 0 fully saturated rings. The number of ether oxygens (including phenoxy) is 1. The number of thiocarbonyl (C=S) groups is 1. The highest BCUT2D eigenvalue weighted by molar-refractivity contribution is 7.80. The lowest BCUT2D eigenvalue weighted by Gasteiger charge is -2.23. The highest BCUT2D eigenvalue weighted by Crippen LogP contribution is 2.11. The second kappa shape index (κ2) is 6.70. The van der Waals surface area contributed by atoms with Gasteiger partial charge >= 0.3 is 6.09 Å². The summed E-state index contributed by atoms with van der Waals surface area (Å²) in [6.45, 7) is 7.29. The van der Waals surface area contributed by atoms with Crippen LogP contribution in [0.3, 0.4) is 0 Å². The highest BCUT2D eigenvalue weighted by Gasteiger charge is 2.20. The van der Waals surface area contributed by atoms with Crippen LogP contribution in [-0.2, 0) is 11.2 Å². The van der Waals surface area contributed by atoms with E-state index in [2.05, 4.69) is 5.32 Å². The fourth-order valence-corrected chi connectivity index (χ4v) is 1.78. The smallest absolute Gasteiger partial charge is 0.408 e. The molecule has 0 heterocycles. The number of nitrogens with two attached hydrogens (primary N) is 1. The molecule has 0 aliphatic carbocycles. The van der Waals surface area contributed by atoms with E-state index < -0.39 is 11.7 Å². The number of rotatable bonds is 4. The zero-order chi connectivity index (χ0) is 15.3. The van der Waals surface area contributed by atoms with Crippen molar-refractivity contribution in [3.05, 3.63) is 29.8 Å². The zero-order valence-corrected chi connectivity index (χ0v) is 13.2. The number of amides is 1. The third kappa shape index (κ3) is 6.02. The van der Waals surface area contributed by atoms with Crippen molar-refractivity contribution in [2.75, 3.05) is 5.73 Å². The maximum atomic E-state index is 11.8. The van der Waals surface area contributed by atoms with Gasteiger partial charge in [0, 0.05) is 10.6 Å². The normalized spacial score (nSPS) is 12.6. The van der Waals surface area contributed by atoms with E-state index >= 15 is 0 Å². The van der Waals surface area contributed by atoms with Crippen LogP contribution in [0.2, 0.25) is 0 Å². The summed E-state index contributed by atoms with van der Waals surface area (Å²) in [5.41, 5.74) is 6.90. The van der Waals surface area contributed by atoms with Crippen LogP contribution < -0.4 is 11.1 Å². The van der Waals surface area contributed by atoms with Crippen molar-refractivity contribution in [1.29, 1.82) is 0 Å². The van der Waals surface area contributed by atoms with Gasteiger partial charge in [-0.2, -0.15) is 0 Å². The molecule has 0 saturated carbocycles. The third-order valence-electron chi connectivity index (χ3n) is 2.60. The van der Waals surface area contributed by atoms with Crippen molar-refractivity contribution in [1.82, 2.24) is 5.32 Å². The minimum Gasteiger partial charge on any atom is -0.444 e. The fourth-order valence-electron chi connectivity index (χ4n) is 1.64. The number of anilines is 1. The van der Waals surface area contributed by atoms with Crippen molar-refractivity contribution in [3.8, 4) is 0 Å². The molecule has 0 radical (unpaired) electrons. The molecular formula is C15H22N2O2S. The number of hydrogen-bond donors (Lipinski definition) is 2. The van der Waals surface area contributed by atoms with Gasteiger partial charge < -0.3 is 15.8 Å². The van der Waals surface area contributed by atoms with Gasteiger partial charge in [-0.05, 0) is 51.8 Å². The second-order valence-electron chi connectivity index (χ2n) is 5.76. The number of alkyl carbamates (subject to hydrolysis) is 1. The van der Waals surface area contributed by atoms with Gasteiger partial charge in [-0.3, -0.25) is 0 Å². The van der Waals surface area contributed by atoms with E-state index in [1.165, 1.54) is 0 Å². The molecule has 1 atom stereocenters. The summed E-state index contributed by atoms with van der Waals surface area (Å²) in [5.74, 6) is 0. The molecule has 1 aromatic carbocycles. The zero-order valence-electron chi connectivity index (χ0n) is 12.4. The molecule has 0 aliphatic rings. The summed E-state index contributed by atoms with van der Waals surface area (Å²) in [5, 5.41) is 2.80. The summed E-state index contributed by atoms with van der Waals surface area (Å²) < 4.78 is 5.25. The first kappa shape index (κ1) is 16.4. The number of nitrogen functional groups attached to an aromatic ring is 1. The van der Waals surface area contributed by atoms with Crippen LogP contribution in [0.4, 0.5) is 10.5 Å². The average Bonchev–Trinajstić information content (AvgIpc) is 2.28. The first-order valence-corrected chi connectivity index (χ1v) is 6.92. The molecule has 1 rings (SSSR count). The summed E-state index contributed by atoms with van der Waals surface area (Å²) in [6, 6.07) is 7.29. The van der Waals surface area contributed by atoms with Gasteiger partial charge in [0.1, 0.15) is 5.60 Å². The minimum absolute atomic E-state index is 0.233. The Morgan fingerprint density at radius 2 is 1.90 bits per heavy atom. The van der Waals surface area contributed by atoms with E-state index in [-0.39, 0.29) is 6.04 Å². The molecule has 0 bridgehead atoms. The summed E-state index contributed by atoms with van der Waals surface area (Å²) >= 11 is 5.21. The van der Waals surface area contributed by atoms with Crippen molar-refractivity contribution in [2.45, 2.75) is 45.8 Å². The van der Waals surface area contributed by atoms with E-state index in [1.54, 1.807) is 0 Å². The van der Waals surface area contributed by atoms with Crippen molar-refractivity contribution >= 4 is 28.9 Å². The third-order valence-corrected chi connectivity index (χ3v) is 2.89. The predicted molar refractivity (Wildman–Crippen MR) is 86.0 cm³/mol. The Morgan fingerprint density at radius 3 is 2.35 bits per heavy atom. The Kier molecular flexibility index (Phi) is 5.51. The van der Waals surface area contributed by atoms with Crippen molar-refractivity contribution in [3.63, 3.8) is 0 Å². The molecule has 0 aliphatic heterocycles. The van der Waals surface area contributed by atoms with E-state index in [0.29, 0.717) is 17.0 Å². The molecule has 0 saturated heterocycles. The molecule has 3 N–H and O–H groups in total. The van der Waals surface area contributed by atoms with Crippen LogP contribution in [0, 0.1) is 0 Å². The van der Waals surface area contributed by atoms with E-state index in [9.17, 15) is 4.79 Å². The Hall–Kier alpha value is -1.62. The van der Waals surface area contributed by atoms with Crippen LogP contribution in [-0.4, -0.2) is 22.6 Å². The quantitative estimate of drug-likeness (QED) is 0.661. The van der Waals surface area contributed by atoms with Gasteiger partial charge in [-0.25, -0.2) is 4.79 Å². The molecule has 110 valence electrons. The van der Waals surface area contributed by atoms with Crippen LogP contribution >= 0.6 is 12.2 Å². The summed E-state index contributed by atoms with van der Waals surface area (Å²) in [6.07, 6.45) is 0.164. The maximum Gasteiger partial charge on any atom is 0.408 e. The molecule has 1 amide bonds. The Bertz CT molecular complexity index is 478. The molecule has 0 aromatic heterocycles. The molecule has 0 spiro atoms. The highest BCUT2D eigenvalue weighted by atomic mass is 32.1. The first-order chi connectivity index (χ1) is 9.17. The molecule has 1 unspecified atom stereocenters. The fraction of sp³-hybridized carbons (Fsp3) is 0.467. The Morgan fingerprint density at radius 1 is 1.35 bits per heavy atom. The first-order valence-electron chi connectivity index (χ1n) is 6.52. The average molecular weight is 294 g/mol. The van der Waals surface area contributed by atoms with E-state index in [4.69, 9.17) is 22.7 Å². The van der Waals surface area contributed by atoms with Gasteiger partial charge in [0.25, 0.3) is 0 Å². The Labute approximate surface area is 125 Å². The maximum absolute atomic E-state index is 11.8. The summed E-state index contributed by atoms with van der Waals surface area (Å²) in [4.78, 5) is 12.5. The second-order valence-corrected chi connectivity index (χ2v) is 6.40. The molecule has 4 nitrogen and oxygen atoms in total. The molecule has 20 heavy (non-hydrogen) atoms. The lowest BCUT2D eigenvalue weighted by Crippen LogP contribution is -2.43. The topological polar surface area (TPSA) is 64.3 Å². The number of carbonyl (C=O) groups excluding carboxylic acids is 1. The van der Waals surface area contributed by atoms with Gasteiger partial charge in [-0.15, -0.1) is 0 Å². The molecule has 1 aromatic rings. The van der Waals surface area contributed by atoms with Crippen molar-refractivity contribution in [2.24, 2.45) is 0 Å². The van der Waals surface area contributed by atoms with E-state index in [0.717, 1.165) is 5.56 Å². The lowest BCUT2D eigenvalue weighted by molar-refractivity contribution is 0.0518. The van der Waals surface area contributed by atoms with Crippen molar-refractivity contribution < 1.29 is 9.53 Å². The number of hydrogen-bond acceptors (Lipinski definition) is 4. The van der Waals surface area contributed by atoms with Gasteiger partial charge in [0.2, 0.25) is 0 Å². The SMILES string of the molecule is CC(=S)C(Cc1ccc(N)cc1)NC(=O)OC(C)(C)C. The predicted octanol–water partition coefficient (Wildman–Crippen LogP) is 3.09.